The predicted molar refractivity (Wildman–Crippen MR) is 89.1 cm³/mol. The quantitative estimate of drug-likeness (QED) is 0.726. The van der Waals surface area contributed by atoms with Crippen LogP contribution < -0.4 is 14.8 Å². The van der Waals surface area contributed by atoms with E-state index in [0.717, 1.165) is 0 Å². The number of ether oxygens (including phenoxy) is 2. The van der Waals surface area contributed by atoms with Gasteiger partial charge in [-0.3, -0.25) is 9.59 Å². The summed E-state index contributed by atoms with van der Waals surface area (Å²) in [4.78, 5) is 24.6. The van der Waals surface area contributed by atoms with Crippen molar-refractivity contribution < 1.29 is 19.1 Å². The lowest BCUT2D eigenvalue weighted by Gasteiger charge is -2.10. The van der Waals surface area contributed by atoms with Crippen molar-refractivity contribution in [2.45, 2.75) is 13.2 Å². The Labute approximate surface area is 145 Å². The predicted octanol–water partition coefficient (Wildman–Crippen LogP) is 0.0701. The van der Waals surface area contributed by atoms with Crippen LogP contribution in [0.3, 0.4) is 0 Å². The molecule has 0 aliphatic rings. The SMILES string of the molecule is COc1ccccc1OCc1cn(CC(=O)NCC(=O)N(C)C)nn1. The summed E-state index contributed by atoms with van der Waals surface area (Å²) in [6, 6.07) is 7.28. The number of nitrogens with zero attached hydrogens (tertiary/aromatic N) is 4. The normalized spacial score (nSPS) is 10.2. The van der Waals surface area contributed by atoms with Crippen molar-refractivity contribution in [1.82, 2.24) is 25.2 Å². The molecule has 0 saturated heterocycles. The lowest BCUT2D eigenvalue weighted by molar-refractivity contribution is -0.131. The number of amides is 2. The molecule has 2 rings (SSSR count). The Morgan fingerprint density at radius 3 is 2.64 bits per heavy atom. The minimum absolute atomic E-state index is 0.0254. The van der Waals surface area contributed by atoms with Gasteiger partial charge in [-0.05, 0) is 12.1 Å². The van der Waals surface area contributed by atoms with Gasteiger partial charge in [0.15, 0.2) is 11.5 Å². The molecule has 0 fully saturated rings. The summed E-state index contributed by atoms with van der Waals surface area (Å²) in [5.41, 5.74) is 0.572. The molecule has 1 heterocycles. The molecule has 1 N–H and O–H groups in total. The highest BCUT2D eigenvalue weighted by Crippen LogP contribution is 2.26. The van der Waals surface area contributed by atoms with Crippen molar-refractivity contribution in [2.75, 3.05) is 27.7 Å². The van der Waals surface area contributed by atoms with E-state index in [9.17, 15) is 9.59 Å². The monoisotopic (exact) mass is 347 g/mol. The number of likely N-dealkylation sites (N-methyl/N-ethyl adjacent to an activating group) is 1. The number of hydrogen-bond acceptors (Lipinski definition) is 6. The summed E-state index contributed by atoms with van der Waals surface area (Å²) in [5.74, 6) is 0.717. The van der Waals surface area contributed by atoms with Crippen molar-refractivity contribution in [3.63, 3.8) is 0 Å². The van der Waals surface area contributed by atoms with E-state index >= 15 is 0 Å². The number of hydrogen-bond donors (Lipinski definition) is 1. The second-order valence-electron chi connectivity index (χ2n) is 5.41. The van der Waals surface area contributed by atoms with Gasteiger partial charge in [0.05, 0.1) is 19.9 Å². The fraction of sp³-hybridized carbons (Fsp3) is 0.375. The minimum Gasteiger partial charge on any atom is -0.493 e. The lowest BCUT2D eigenvalue weighted by Crippen LogP contribution is -2.37. The van der Waals surface area contributed by atoms with Crippen LogP contribution in [-0.2, 0) is 22.7 Å². The van der Waals surface area contributed by atoms with Crippen molar-refractivity contribution in [3.8, 4) is 11.5 Å². The number of nitrogens with one attached hydrogen (secondary N) is 1. The molecule has 1 aromatic heterocycles. The Morgan fingerprint density at radius 1 is 1.24 bits per heavy atom. The third-order valence-electron chi connectivity index (χ3n) is 3.27. The molecule has 0 saturated carbocycles. The summed E-state index contributed by atoms with van der Waals surface area (Å²) in [6.07, 6.45) is 1.61. The number of carbonyl (C=O) groups is 2. The largest absolute Gasteiger partial charge is 0.493 e. The summed E-state index contributed by atoms with van der Waals surface area (Å²) >= 11 is 0. The van der Waals surface area contributed by atoms with Crippen LogP contribution in [0.1, 0.15) is 5.69 Å². The lowest BCUT2D eigenvalue weighted by atomic mass is 10.3. The van der Waals surface area contributed by atoms with E-state index in [2.05, 4.69) is 15.6 Å². The molecule has 0 bridgehead atoms. The zero-order valence-electron chi connectivity index (χ0n) is 14.4. The van der Waals surface area contributed by atoms with Gasteiger partial charge in [0.1, 0.15) is 18.8 Å². The van der Waals surface area contributed by atoms with Gasteiger partial charge in [0.2, 0.25) is 11.8 Å². The average Bonchev–Trinajstić information content (AvgIpc) is 3.05. The van der Waals surface area contributed by atoms with E-state index in [1.165, 1.54) is 9.58 Å². The van der Waals surface area contributed by atoms with Crippen LogP contribution in [0.4, 0.5) is 0 Å². The molecule has 0 aliphatic carbocycles. The summed E-state index contributed by atoms with van der Waals surface area (Å²) in [6.45, 7) is 0.119. The highest BCUT2D eigenvalue weighted by atomic mass is 16.5. The van der Waals surface area contributed by atoms with Crippen LogP contribution in [0.15, 0.2) is 30.5 Å². The highest BCUT2D eigenvalue weighted by molar-refractivity contribution is 5.84. The Kier molecular flexibility index (Phi) is 6.33. The summed E-state index contributed by atoms with van der Waals surface area (Å²) in [7, 11) is 4.82. The molecule has 0 spiro atoms. The number of para-hydroxylation sites is 2. The van der Waals surface area contributed by atoms with E-state index in [1.807, 2.05) is 12.1 Å². The molecule has 9 nitrogen and oxygen atoms in total. The zero-order chi connectivity index (χ0) is 18.2. The third kappa shape index (κ3) is 5.48. The van der Waals surface area contributed by atoms with Crippen LogP contribution in [-0.4, -0.2) is 59.5 Å². The maximum Gasteiger partial charge on any atom is 0.242 e. The van der Waals surface area contributed by atoms with Gasteiger partial charge < -0.3 is 19.7 Å². The van der Waals surface area contributed by atoms with Gasteiger partial charge in [-0.25, -0.2) is 4.68 Å². The number of carbonyl (C=O) groups excluding carboxylic acids is 2. The van der Waals surface area contributed by atoms with Gasteiger partial charge in [0.25, 0.3) is 0 Å². The minimum atomic E-state index is -0.322. The number of methoxy groups -OCH3 is 1. The van der Waals surface area contributed by atoms with Gasteiger partial charge in [-0.2, -0.15) is 0 Å². The van der Waals surface area contributed by atoms with Crippen LogP contribution in [0.25, 0.3) is 0 Å². The summed E-state index contributed by atoms with van der Waals surface area (Å²) in [5, 5.41) is 10.4. The Bertz CT molecular complexity index is 729. The maximum absolute atomic E-state index is 11.8. The zero-order valence-corrected chi connectivity index (χ0v) is 14.4. The van der Waals surface area contributed by atoms with Crippen LogP contribution in [0.2, 0.25) is 0 Å². The molecule has 0 atom stereocenters. The second kappa shape index (κ2) is 8.67. The van der Waals surface area contributed by atoms with Crippen LogP contribution in [0.5, 0.6) is 11.5 Å². The highest BCUT2D eigenvalue weighted by Gasteiger charge is 2.10. The first kappa shape index (κ1) is 18.2. The topological polar surface area (TPSA) is 98.6 Å². The van der Waals surface area contributed by atoms with Crippen molar-refractivity contribution in [3.05, 3.63) is 36.2 Å². The first-order valence-electron chi connectivity index (χ1n) is 7.61. The fourth-order valence-electron chi connectivity index (χ4n) is 1.91. The van der Waals surface area contributed by atoms with Gasteiger partial charge in [0, 0.05) is 14.1 Å². The molecule has 134 valence electrons. The van der Waals surface area contributed by atoms with Gasteiger partial charge in [-0.15, -0.1) is 5.10 Å². The Balaban J connectivity index is 1.83. The Hall–Kier alpha value is -3.10. The van der Waals surface area contributed by atoms with E-state index in [0.29, 0.717) is 17.2 Å². The molecule has 9 heteroatoms. The molecule has 0 unspecified atom stereocenters. The fourth-order valence-corrected chi connectivity index (χ4v) is 1.91. The molecule has 2 amide bonds. The average molecular weight is 347 g/mol. The van der Waals surface area contributed by atoms with Crippen molar-refractivity contribution in [1.29, 1.82) is 0 Å². The van der Waals surface area contributed by atoms with E-state index in [-0.39, 0.29) is 31.5 Å². The maximum atomic E-state index is 11.8. The first-order chi connectivity index (χ1) is 12.0. The second-order valence-corrected chi connectivity index (χ2v) is 5.41. The number of rotatable bonds is 8. The van der Waals surface area contributed by atoms with Crippen molar-refractivity contribution in [2.24, 2.45) is 0 Å². The molecule has 25 heavy (non-hydrogen) atoms. The van der Waals surface area contributed by atoms with E-state index in [4.69, 9.17) is 9.47 Å². The number of aromatic nitrogens is 3. The van der Waals surface area contributed by atoms with E-state index in [1.54, 1.807) is 39.5 Å². The number of benzene rings is 1. The van der Waals surface area contributed by atoms with Gasteiger partial charge >= 0.3 is 0 Å². The third-order valence-corrected chi connectivity index (χ3v) is 3.27. The van der Waals surface area contributed by atoms with Crippen LogP contribution in [0, 0.1) is 0 Å². The van der Waals surface area contributed by atoms with Crippen LogP contribution >= 0.6 is 0 Å². The molecular formula is C16H21N5O4. The van der Waals surface area contributed by atoms with Gasteiger partial charge in [-0.1, -0.05) is 17.3 Å². The first-order valence-corrected chi connectivity index (χ1v) is 7.61. The Morgan fingerprint density at radius 2 is 1.96 bits per heavy atom. The van der Waals surface area contributed by atoms with E-state index < -0.39 is 0 Å². The molecule has 0 radical (unpaired) electrons. The van der Waals surface area contributed by atoms with Crippen molar-refractivity contribution >= 4 is 11.8 Å². The standard InChI is InChI=1S/C16H21N5O4/c1-20(2)16(23)8-17-15(22)10-21-9-12(18-19-21)11-25-14-7-5-4-6-13(14)24-3/h4-7,9H,8,10-11H2,1-3H3,(H,17,22). The molecule has 0 aliphatic heterocycles. The molecule has 1 aromatic carbocycles. The summed E-state index contributed by atoms with van der Waals surface area (Å²) < 4.78 is 12.2. The molecular weight excluding hydrogens is 326 g/mol. The smallest absolute Gasteiger partial charge is 0.242 e. The molecule has 2 aromatic rings.